The van der Waals surface area contributed by atoms with Crippen molar-refractivity contribution >= 4 is 111 Å². The number of rotatable bonds is 9. The summed E-state index contributed by atoms with van der Waals surface area (Å²) in [7, 11) is 0. The fraction of sp³-hybridized carbons (Fsp3) is 0.120. The molecule has 17 aromatic rings. The number of aromatic nitrogens is 1. The van der Waals surface area contributed by atoms with E-state index in [2.05, 4.69) is 398 Å². The van der Waals surface area contributed by atoms with Crippen molar-refractivity contribution in [2.24, 2.45) is 0 Å². The van der Waals surface area contributed by atoms with Crippen molar-refractivity contribution in [3.8, 4) is 72.4 Å². The number of anilines is 6. The van der Waals surface area contributed by atoms with Gasteiger partial charge in [0.15, 0.2) is 0 Å². The van der Waals surface area contributed by atoms with E-state index in [1.165, 1.54) is 109 Å². The molecule has 16 aromatic carbocycles. The van der Waals surface area contributed by atoms with E-state index in [1.807, 2.05) is 0 Å². The Bertz CT molecular complexity index is 6080. The zero-order valence-electron chi connectivity index (χ0n) is 60.5. The van der Waals surface area contributed by atoms with Gasteiger partial charge < -0.3 is 14.4 Å². The van der Waals surface area contributed by atoms with E-state index >= 15 is 0 Å². The summed E-state index contributed by atoms with van der Waals surface area (Å²) in [4.78, 5) is 5.45. The SMILES string of the molecule is CC(C)(C)c1ccc(-c2cc3c4c(c2)N(c2c(-c5ccccc5)cc(C(C)(C)C)cc2-c2ccccc2)c2cc(-n5c6ccccc6c6ccccc65)ccc2B4c2cc(-c4ccc5ccc6cccc7ccc4c5c67)ccc2N3c2c(-c3ccccc3)cc(C(C)(C)C)cc2-c2ccccc2)cc1. The Morgan fingerprint density at radius 2 is 0.683 bits per heavy atom. The average Bonchev–Trinajstić information content (AvgIpc) is 0.727. The minimum atomic E-state index is -0.273. The standard InChI is InChI=1S/C100H80BN3/c1-98(2,3)73-48-43-63(44-49-73)72-56-91-95-92(57-72)104(97-83(66-31-18-12-19-32-66)60-75(100(7,8)9)61-84(97)67-33-20-13-21-34-67)90-62-76(102-87-39-24-22-37-78(87)79-38-23-25-40-88(79)102)50-53-85(90)101(95)86-55-71(77-51-45-70-42-41-68-35-26-36-69-46-52-80(77)94(70)93(68)69)47-54-89(86)103(91)96-81(64-27-14-10-15-28-64)58-74(99(4,5)6)59-82(96)65-29-16-11-17-30-65/h10-62H,1-9H3. The highest BCUT2D eigenvalue weighted by atomic mass is 15.2. The van der Waals surface area contributed by atoms with Gasteiger partial charge in [0.2, 0.25) is 0 Å². The maximum Gasteiger partial charge on any atom is 0.252 e. The van der Waals surface area contributed by atoms with Crippen molar-refractivity contribution in [2.45, 2.75) is 78.6 Å². The molecule has 0 amide bonds. The lowest BCUT2D eigenvalue weighted by atomic mass is 9.33. The molecule has 2 aliphatic rings. The minimum Gasteiger partial charge on any atom is -0.310 e. The van der Waals surface area contributed by atoms with Crippen LogP contribution in [0, 0.1) is 0 Å². The van der Waals surface area contributed by atoms with E-state index in [0.29, 0.717) is 0 Å². The normalized spacial score (nSPS) is 13.0. The van der Waals surface area contributed by atoms with E-state index in [0.717, 1.165) is 84.3 Å². The summed E-state index contributed by atoms with van der Waals surface area (Å²) >= 11 is 0. The summed E-state index contributed by atoms with van der Waals surface area (Å²) in [5.74, 6) is 0. The zero-order valence-corrected chi connectivity index (χ0v) is 60.5. The highest BCUT2D eigenvalue weighted by molar-refractivity contribution is 7.00. The minimum absolute atomic E-state index is 0.0546. The van der Waals surface area contributed by atoms with Gasteiger partial charge in [-0.3, -0.25) is 0 Å². The second-order valence-corrected chi connectivity index (χ2v) is 32.0. The molecule has 3 heterocycles. The Kier molecular flexibility index (Phi) is 14.4. The van der Waals surface area contributed by atoms with Crippen LogP contribution in [0.4, 0.5) is 34.1 Å². The largest absolute Gasteiger partial charge is 0.310 e. The van der Waals surface area contributed by atoms with Crippen molar-refractivity contribution in [1.29, 1.82) is 0 Å². The van der Waals surface area contributed by atoms with E-state index in [9.17, 15) is 0 Å². The first-order valence-corrected chi connectivity index (χ1v) is 36.9. The molecule has 0 spiro atoms. The summed E-state index contributed by atoms with van der Waals surface area (Å²) in [5, 5.41) is 10.1. The second-order valence-electron chi connectivity index (χ2n) is 32.0. The van der Waals surface area contributed by atoms with Crippen LogP contribution in [0.2, 0.25) is 0 Å². The van der Waals surface area contributed by atoms with Crippen molar-refractivity contribution < 1.29 is 0 Å². The molecule has 104 heavy (non-hydrogen) atoms. The van der Waals surface area contributed by atoms with Crippen LogP contribution < -0.4 is 26.2 Å². The quantitative estimate of drug-likeness (QED) is 0.105. The summed E-state index contributed by atoms with van der Waals surface area (Å²) < 4.78 is 2.51. The fourth-order valence-electron chi connectivity index (χ4n) is 17.3. The first-order chi connectivity index (χ1) is 50.5. The first kappa shape index (κ1) is 63.0. The zero-order chi connectivity index (χ0) is 70.5. The van der Waals surface area contributed by atoms with E-state index in [1.54, 1.807) is 0 Å². The molecule has 0 radical (unpaired) electrons. The third-order valence-electron chi connectivity index (χ3n) is 22.6. The number of nitrogens with zero attached hydrogens (tertiary/aromatic N) is 3. The van der Waals surface area contributed by atoms with Gasteiger partial charge in [-0.05, 0) is 193 Å². The summed E-state index contributed by atoms with van der Waals surface area (Å²) in [6.45, 7) is 20.8. The number of fused-ring (bicyclic) bond motifs is 7. The van der Waals surface area contributed by atoms with Gasteiger partial charge in [-0.2, -0.15) is 0 Å². The lowest BCUT2D eigenvalue weighted by molar-refractivity contribution is 0.590. The molecule has 0 N–H and O–H groups in total. The molecule has 0 atom stereocenters. The van der Waals surface area contributed by atoms with E-state index < -0.39 is 0 Å². The molecule has 0 aliphatic carbocycles. The fourth-order valence-corrected chi connectivity index (χ4v) is 17.3. The molecule has 4 heteroatoms. The second kappa shape index (κ2) is 23.8. The summed E-state index contributed by atoms with van der Waals surface area (Å²) in [5.41, 5.74) is 31.3. The van der Waals surface area contributed by atoms with Crippen LogP contribution in [-0.2, 0) is 16.2 Å². The molecule has 0 bridgehead atoms. The number of benzene rings is 16. The Morgan fingerprint density at radius 3 is 1.17 bits per heavy atom. The topological polar surface area (TPSA) is 11.4 Å². The molecule has 0 fully saturated rings. The average molecular weight is 1330 g/mol. The van der Waals surface area contributed by atoms with Crippen LogP contribution in [0.3, 0.4) is 0 Å². The van der Waals surface area contributed by atoms with Gasteiger partial charge in [-0.15, -0.1) is 0 Å². The highest BCUT2D eigenvalue weighted by Crippen LogP contribution is 2.56. The van der Waals surface area contributed by atoms with Gasteiger partial charge in [0, 0.05) is 61.5 Å². The Labute approximate surface area is 611 Å². The molecular weight excluding hydrogens is 1250 g/mol. The molecule has 2 aliphatic heterocycles. The van der Waals surface area contributed by atoms with Crippen LogP contribution in [-0.4, -0.2) is 11.3 Å². The molecule has 0 saturated heterocycles. The molecule has 0 saturated carbocycles. The molecule has 1 aromatic heterocycles. The van der Waals surface area contributed by atoms with Gasteiger partial charge in [0.05, 0.1) is 22.4 Å². The van der Waals surface area contributed by atoms with Crippen molar-refractivity contribution in [3.05, 3.63) is 338 Å². The smallest absolute Gasteiger partial charge is 0.252 e. The predicted molar refractivity (Wildman–Crippen MR) is 447 cm³/mol. The maximum atomic E-state index is 2.74. The Balaban J connectivity index is 1.01. The van der Waals surface area contributed by atoms with E-state index in [-0.39, 0.29) is 23.0 Å². The molecule has 0 unspecified atom stereocenters. The Morgan fingerprint density at radius 1 is 0.250 bits per heavy atom. The number of hydrogen-bond acceptors (Lipinski definition) is 2. The third kappa shape index (κ3) is 10.2. The van der Waals surface area contributed by atoms with Crippen molar-refractivity contribution in [2.75, 3.05) is 9.80 Å². The van der Waals surface area contributed by atoms with Gasteiger partial charge in [-0.1, -0.05) is 317 Å². The lowest BCUT2D eigenvalue weighted by Gasteiger charge is -2.46. The predicted octanol–water partition coefficient (Wildman–Crippen LogP) is 25.7. The van der Waals surface area contributed by atoms with Crippen LogP contribution in [0.1, 0.15) is 79.0 Å². The van der Waals surface area contributed by atoms with Crippen LogP contribution in [0.5, 0.6) is 0 Å². The van der Waals surface area contributed by atoms with E-state index in [4.69, 9.17) is 0 Å². The highest BCUT2D eigenvalue weighted by Gasteiger charge is 2.46. The number of para-hydroxylation sites is 2. The third-order valence-corrected chi connectivity index (χ3v) is 22.6. The van der Waals surface area contributed by atoms with Gasteiger partial charge in [0.1, 0.15) is 0 Å². The first-order valence-electron chi connectivity index (χ1n) is 36.9. The monoisotopic (exact) mass is 1330 g/mol. The maximum absolute atomic E-state index is 2.74. The van der Waals surface area contributed by atoms with Crippen LogP contribution in [0.25, 0.3) is 127 Å². The van der Waals surface area contributed by atoms with Crippen molar-refractivity contribution in [1.82, 2.24) is 4.57 Å². The molecule has 19 rings (SSSR count). The van der Waals surface area contributed by atoms with Gasteiger partial charge in [-0.25, -0.2) is 0 Å². The van der Waals surface area contributed by atoms with Gasteiger partial charge in [0.25, 0.3) is 6.71 Å². The molecule has 498 valence electrons. The molecule has 3 nitrogen and oxygen atoms in total. The van der Waals surface area contributed by atoms with Crippen LogP contribution >= 0.6 is 0 Å². The summed E-state index contributed by atoms with van der Waals surface area (Å²) in [6, 6.07) is 123. The van der Waals surface area contributed by atoms with Gasteiger partial charge >= 0.3 is 0 Å². The van der Waals surface area contributed by atoms with Crippen LogP contribution in [0.15, 0.2) is 322 Å². The van der Waals surface area contributed by atoms with Crippen molar-refractivity contribution in [3.63, 3.8) is 0 Å². The Hall–Kier alpha value is -12.0. The summed E-state index contributed by atoms with van der Waals surface area (Å²) in [6.07, 6.45) is 0. The molecular formula is C100H80BN3. The lowest BCUT2D eigenvalue weighted by Crippen LogP contribution is -2.61. The number of hydrogen-bond donors (Lipinski definition) is 0.